The Kier molecular flexibility index (Phi) is 8.27. The highest BCUT2D eigenvalue weighted by molar-refractivity contribution is 7.93. The van der Waals surface area contributed by atoms with E-state index in [-0.39, 0.29) is 27.1 Å². The highest BCUT2D eigenvalue weighted by Gasteiger charge is 2.31. The topological polar surface area (TPSA) is 71.5 Å². The van der Waals surface area contributed by atoms with Gasteiger partial charge in [0.1, 0.15) is 9.84 Å². The van der Waals surface area contributed by atoms with Gasteiger partial charge in [-0.2, -0.15) is 0 Å². The molecule has 0 radical (unpaired) electrons. The minimum atomic E-state index is -4.00. The molecule has 0 heterocycles. The van der Waals surface area contributed by atoms with Gasteiger partial charge in [-0.3, -0.25) is 4.31 Å². The Morgan fingerprint density at radius 2 is 1.52 bits per heavy atom. The Bertz CT molecular complexity index is 1060. The highest BCUT2D eigenvalue weighted by atomic mass is 35.5. The SMILES string of the molecule is CCS(=O)(=O)CCCC(C)N(c1cc(Cl)ccc1Cl)S(=O)(=O)c1ccc(Cl)cc1. The van der Waals surface area contributed by atoms with Crippen molar-refractivity contribution in [1.82, 2.24) is 0 Å². The maximum atomic E-state index is 13.4. The van der Waals surface area contributed by atoms with Gasteiger partial charge in [-0.15, -0.1) is 0 Å². The summed E-state index contributed by atoms with van der Waals surface area (Å²) < 4.78 is 51.6. The lowest BCUT2D eigenvalue weighted by molar-refractivity contribution is 0.566. The second-order valence-electron chi connectivity index (χ2n) is 6.58. The first kappa shape index (κ1) is 24.3. The molecule has 0 amide bonds. The fraction of sp³-hybridized carbons (Fsp3) is 0.368. The summed E-state index contributed by atoms with van der Waals surface area (Å²) in [5, 5.41) is 0.968. The van der Waals surface area contributed by atoms with Crippen molar-refractivity contribution < 1.29 is 16.8 Å². The van der Waals surface area contributed by atoms with Gasteiger partial charge < -0.3 is 0 Å². The van der Waals surface area contributed by atoms with Crippen molar-refractivity contribution in [2.45, 2.75) is 37.6 Å². The Balaban J connectivity index is 2.46. The molecule has 1 atom stereocenters. The molecule has 0 N–H and O–H groups in total. The fourth-order valence-electron chi connectivity index (χ4n) is 2.84. The number of rotatable bonds is 9. The van der Waals surface area contributed by atoms with Crippen molar-refractivity contribution in [3.63, 3.8) is 0 Å². The summed E-state index contributed by atoms with van der Waals surface area (Å²) in [6, 6.07) is 9.83. The molecule has 5 nitrogen and oxygen atoms in total. The highest BCUT2D eigenvalue weighted by Crippen LogP contribution is 2.35. The lowest BCUT2D eigenvalue weighted by atomic mass is 10.2. The molecular weight excluding hydrogens is 477 g/mol. The first-order chi connectivity index (χ1) is 13.5. The molecule has 0 bridgehead atoms. The van der Waals surface area contributed by atoms with E-state index in [9.17, 15) is 16.8 Å². The molecule has 0 saturated carbocycles. The Labute approximate surface area is 187 Å². The third-order valence-corrected chi connectivity index (χ3v) is 8.97. The zero-order valence-corrected chi connectivity index (χ0v) is 19.9. The Hall–Kier alpha value is -0.990. The van der Waals surface area contributed by atoms with Crippen LogP contribution in [0, 0.1) is 0 Å². The van der Waals surface area contributed by atoms with E-state index in [1.54, 1.807) is 19.9 Å². The van der Waals surface area contributed by atoms with Crippen LogP contribution in [0.15, 0.2) is 47.4 Å². The van der Waals surface area contributed by atoms with E-state index < -0.39 is 25.9 Å². The van der Waals surface area contributed by atoms with Crippen molar-refractivity contribution in [2.24, 2.45) is 0 Å². The van der Waals surface area contributed by atoms with E-state index in [0.29, 0.717) is 22.9 Å². The Morgan fingerprint density at radius 1 is 0.931 bits per heavy atom. The first-order valence-electron chi connectivity index (χ1n) is 8.93. The predicted octanol–water partition coefficient (Wildman–Crippen LogP) is 5.45. The lowest BCUT2D eigenvalue weighted by Crippen LogP contribution is -2.39. The molecule has 0 saturated heterocycles. The predicted molar refractivity (Wildman–Crippen MR) is 121 cm³/mol. The molecule has 1 unspecified atom stereocenters. The normalized spacial score (nSPS) is 13.3. The lowest BCUT2D eigenvalue weighted by Gasteiger charge is -2.31. The van der Waals surface area contributed by atoms with E-state index >= 15 is 0 Å². The molecule has 0 fully saturated rings. The molecule has 2 rings (SSSR count). The number of sulfonamides is 1. The van der Waals surface area contributed by atoms with Gasteiger partial charge in [0.25, 0.3) is 10.0 Å². The van der Waals surface area contributed by atoms with E-state index in [2.05, 4.69) is 0 Å². The summed E-state index contributed by atoms with van der Waals surface area (Å²) >= 11 is 18.3. The third-order valence-electron chi connectivity index (χ3n) is 4.43. The molecule has 160 valence electrons. The summed E-state index contributed by atoms with van der Waals surface area (Å²) in [5.41, 5.74) is 0.236. The average Bonchev–Trinajstić information content (AvgIpc) is 2.65. The molecule has 0 spiro atoms. The van der Waals surface area contributed by atoms with Gasteiger partial charge in [0.15, 0.2) is 0 Å². The van der Waals surface area contributed by atoms with Crippen LogP contribution in [0.5, 0.6) is 0 Å². The molecular formula is C19H22Cl3NO4S2. The Morgan fingerprint density at radius 3 is 2.10 bits per heavy atom. The summed E-state index contributed by atoms with van der Waals surface area (Å²) in [7, 11) is -7.14. The minimum absolute atomic E-state index is 0.00799. The maximum Gasteiger partial charge on any atom is 0.264 e. The number of sulfone groups is 1. The molecule has 0 aliphatic heterocycles. The van der Waals surface area contributed by atoms with Crippen LogP contribution in [0.3, 0.4) is 0 Å². The van der Waals surface area contributed by atoms with Crippen molar-refractivity contribution in [3.05, 3.63) is 57.5 Å². The van der Waals surface area contributed by atoms with Crippen LogP contribution in [0.2, 0.25) is 15.1 Å². The fourth-order valence-corrected chi connectivity index (χ4v) is 5.98. The number of anilines is 1. The van der Waals surface area contributed by atoms with E-state index in [1.165, 1.54) is 40.7 Å². The zero-order chi connectivity index (χ0) is 21.8. The first-order valence-corrected chi connectivity index (χ1v) is 13.3. The average molecular weight is 499 g/mol. The molecule has 29 heavy (non-hydrogen) atoms. The number of benzene rings is 2. The summed E-state index contributed by atoms with van der Waals surface area (Å²) in [5.74, 6) is 0.0419. The van der Waals surface area contributed by atoms with E-state index in [0.717, 1.165) is 0 Å². The van der Waals surface area contributed by atoms with Gasteiger partial charge in [0.05, 0.1) is 21.4 Å². The molecule has 10 heteroatoms. The molecule has 0 aromatic heterocycles. The van der Waals surface area contributed by atoms with Crippen LogP contribution in [-0.4, -0.2) is 34.4 Å². The third kappa shape index (κ3) is 6.25. The van der Waals surface area contributed by atoms with Gasteiger partial charge in [0, 0.05) is 21.8 Å². The number of halogens is 3. The quantitative estimate of drug-likeness (QED) is 0.461. The standard InChI is InChI=1S/C19H22Cl3NO4S2/c1-3-28(24,25)12-4-5-14(2)23(19-13-16(21)8-11-18(19)22)29(26,27)17-9-6-15(20)7-10-17/h6-11,13-14H,3-5,12H2,1-2H3. The van der Waals surface area contributed by atoms with E-state index in [4.69, 9.17) is 34.8 Å². The molecule has 0 aliphatic rings. The van der Waals surface area contributed by atoms with Crippen molar-refractivity contribution in [1.29, 1.82) is 0 Å². The van der Waals surface area contributed by atoms with Crippen LogP contribution in [0.4, 0.5) is 5.69 Å². The number of nitrogens with zero attached hydrogens (tertiary/aromatic N) is 1. The van der Waals surface area contributed by atoms with Crippen LogP contribution < -0.4 is 4.31 Å². The summed E-state index contributed by atoms with van der Waals surface area (Å²) in [4.78, 5) is 0.0472. The summed E-state index contributed by atoms with van der Waals surface area (Å²) in [6.07, 6.45) is 0.650. The van der Waals surface area contributed by atoms with Gasteiger partial charge in [-0.25, -0.2) is 16.8 Å². The molecule has 2 aromatic rings. The monoisotopic (exact) mass is 497 g/mol. The van der Waals surface area contributed by atoms with Crippen LogP contribution in [0.25, 0.3) is 0 Å². The van der Waals surface area contributed by atoms with Crippen LogP contribution in [-0.2, 0) is 19.9 Å². The smallest absolute Gasteiger partial charge is 0.262 e. The van der Waals surface area contributed by atoms with Crippen LogP contribution in [0.1, 0.15) is 26.7 Å². The van der Waals surface area contributed by atoms with Gasteiger partial charge in [-0.05, 0) is 62.2 Å². The van der Waals surface area contributed by atoms with E-state index in [1.807, 2.05) is 0 Å². The molecule has 2 aromatic carbocycles. The van der Waals surface area contributed by atoms with Crippen LogP contribution >= 0.6 is 34.8 Å². The van der Waals surface area contributed by atoms with Crippen molar-refractivity contribution in [3.8, 4) is 0 Å². The maximum absolute atomic E-state index is 13.4. The zero-order valence-electron chi connectivity index (χ0n) is 16.0. The second kappa shape index (κ2) is 9.88. The number of hydrogen-bond acceptors (Lipinski definition) is 4. The minimum Gasteiger partial charge on any atom is -0.262 e. The van der Waals surface area contributed by atoms with Crippen molar-refractivity contribution >= 4 is 60.4 Å². The number of hydrogen-bond donors (Lipinski definition) is 0. The summed E-state index contributed by atoms with van der Waals surface area (Å²) in [6.45, 7) is 3.30. The van der Waals surface area contributed by atoms with Crippen molar-refractivity contribution in [2.75, 3.05) is 15.8 Å². The van der Waals surface area contributed by atoms with Gasteiger partial charge >= 0.3 is 0 Å². The molecule has 0 aliphatic carbocycles. The van der Waals surface area contributed by atoms with Gasteiger partial charge in [-0.1, -0.05) is 41.7 Å². The second-order valence-corrected chi connectivity index (χ2v) is 12.1. The largest absolute Gasteiger partial charge is 0.264 e. The van der Waals surface area contributed by atoms with Gasteiger partial charge in [0.2, 0.25) is 0 Å².